The van der Waals surface area contributed by atoms with Crippen LogP contribution in [-0.4, -0.2) is 5.78 Å². The van der Waals surface area contributed by atoms with Gasteiger partial charge in [-0.2, -0.15) is 0 Å². The average molecular weight is 397 g/mol. The number of hydrogen-bond donors (Lipinski definition) is 0. The van der Waals surface area contributed by atoms with E-state index in [1.807, 2.05) is 11.1 Å². The third kappa shape index (κ3) is 3.39. The summed E-state index contributed by atoms with van der Waals surface area (Å²) in [6.45, 7) is 14.4. The van der Waals surface area contributed by atoms with Crippen molar-refractivity contribution in [3.63, 3.8) is 0 Å². The molecule has 0 spiro atoms. The zero-order valence-corrected chi connectivity index (χ0v) is 19.9. The van der Waals surface area contributed by atoms with Gasteiger partial charge in [-0.25, -0.2) is 0 Å². The summed E-state index contributed by atoms with van der Waals surface area (Å²) >= 11 is 0. The third-order valence-electron chi connectivity index (χ3n) is 10.2. The molecule has 0 amide bonds. The SMILES string of the molecule is CC(C)=CCCC(C)C1CCC2C3=C(CC[C@@]21C)[C@@]1(C)CCC(=O)[C@@H](C)C1CC3. The van der Waals surface area contributed by atoms with Crippen LogP contribution in [0.15, 0.2) is 22.8 Å². The predicted octanol–water partition coefficient (Wildman–Crippen LogP) is 7.91. The summed E-state index contributed by atoms with van der Waals surface area (Å²) in [5.41, 5.74) is 5.99. The molecule has 0 aliphatic heterocycles. The van der Waals surface area contributed by atoms with Crippen LogP contribution in [0.1, 0.15) is 106 Å². The largest absolute Gasteiger partial charge is 0.299 e. The fourth-order valence-corrected chi connectivity index (χ4v) is 8.54. The maximum atomic E-state index is 12.4. The number of Topliss-reactive ketones (excluding diaryl/α,β-unsaturated/α-hetero) is 1. The molecule has 1 nitrogen and oxygen atoms in total. The van der Waals surface area contributed by atoms with E-state index in [1.165, 1.54) is 56.9 Å². The van der Waals surface area contributed by atoms with Crippen molar-refractivity contribution in [3.8, 4) is 0 Å². The second-order valence-electron chi connectivity index (χ2n) is 11.9. The van der Waals surface area contributed by atoms with Crippen molar-refractivity contribution in [1.29, 1.82) is 0 Å². The topological polar surface area (TPSA) is 17.1 Å². The highest BCUT2D eigenvalue weighted by molar-refractivity contribution is 5.82. The number of carbonyl (C=O) groups excluding carboxylic acids is 1. The Hall–Kier alpha value is -0.850. The van der Waals surface area contributed by atoms with Crippen LogP contribution in [0.25, 0.3) is 0 Å². The first-order valence-corrected chi connectivity index (χ1v) is 12.6. The lowest BCUT2D eigenvalue weighted by atomic mass is 9.49. The fourth-order valence-electron chi connectivity index (χ4n) is 8.54. The summed E-state index contributed by atoms with van der Waals surface area (Å²) in [5, 5.41) is 0. The number of allylic oxidation sites excluding steroid dienone is 4. The van der Waals surface area contributed by atoms with Crippen molar-refractivity contribution < 1.29 is 4.79 Å². The summed E-state index contributed by atoms with van der Waals surface area (Å²) in [6, 6.07) is 0. The van der Waals surface area contributed by atoms with E-state index < -0.39 is 0 Å². The van der Waals surface area contributed by atoms with Crippen LogP contribution < -0.4 is 0 Å². The highest BCUT2D eigenvalue weighted by Gasteiger charge is 2.56. The van der Waals surface area contributed by atoms with Gasteiger partial charge in [-0.3, -0.25) is 4.79 Å². The Balaban J connectivity index is 1.57. The number of fused-ring (bicyclic) bond motifs is 4. The molecule has 162 valence electrons. The normalized spacial score (nSPS) is 42.8. The quantitative estimate of drug-likeness (QED) is 0.441. The summed E-state index contributed by atoms with van der Waals surface area (Å²) in [6.07, 6.45) is 15.1. The molecule has 0 saturated heterocycles. The van der Waals surface area contributed by atoms with Crippen molar-refractivity contribution in [1.82, 2.24) is 0 Å². The van der Waals surface area contributed by atoms with Gasteiger partial charge in [0.05, 0.1) is 0 Å². The molecule has 2 fully saturated rings. The molecule has 2 saturated carbocycles. The average Bonchev–Trinajstić information content (AvgIpc) is 3.02. The minimum absolute atomic E-state index is 0.280. The van der Waals surface area contributed by atoms with E-state index in [4.69, 9.17) is 0 Å². The van der Waals surface area contributed by atoms with Crippen LogP contribution in [0.5, 0.6) is 0 Å². The second-order valence-corrected chi connectivity index (χ2v) is 11.9. The molecule has 29 heavy (non-hydrogen) atoms. The molecule has 1 heteroatoms. The maximum absolute atomic E-state index is 12.4. The first-order valence-electron chi connectivity index (χ1n) is 12.6. The molecule has 4 aliphatic rings. The van der Waals surface area contributed by atoms with Crippen LogP contribution in [0.4, 0.5) is 0 Å². The molecule has 0 aromatic heterocycles. The standard InChI is InChI=1S/C28H44O/c1-18(2)8-7-9-19(3)22-12-13-24-21-10-11-23-20(4)26(29)15-17-28(23,6)25(21)14-16-27(22,24)5/h8,19-20,22-24H,7,9-17H2,1-6H3/t19?,20-,22?,23?,24?,27+,28-/m0/s1. The number of rotatable bonds is 4. The van der Waals surface area contributed by atoms with Gasteiger partial charge in [-0.05, 0) is 106 Å². The summed E-state index contributed by atoms with van der Waals surface area (Å²) < 4.78 is 0. The van der Waals surface area contributed by atoms with Crippen molar-refractivity contribution in [3.05, 3.63) is 22.8 Å². The van der Waals surface area contributed by atoms with E-state index in [-0.39, 0.29) is 5.92 Å². The van der Waals surface area contributed by atoms with Crippen LogP contribution in [-0.2, 0) is 4.79 Å². The predicted molar refractivity (Wildman–Crippen MR) is 123 cm³/mol. The van der Waals surface area contributed by atoms with Crippen molar-refractivity contribution >= 4 is 5.78 Å². The van der Waals surface area contributed by atoms with E-state index in [9.17, 15) is 4.79 Å². The Kier molecular flexibility index (Phi) is 5.67. The Morgan fingerprint density at radius 2 is 1.86 bits per heavy atom. The van der Waals surface area contributed by atoms with Gasteiger partial charge in [0, 0.05) is 12.3 Å². The number of ketones is 1. The van der Waals surface area contributed by atoms with Gasteiger partial charge in [0.25, 0.3) is 0 Å². The van der Waals surface area contributed by atoms with Gasteiger partial charge in [0.2, 0.25) is 0 Å². The Bertz CT molecular complexity index is 723. The first kappa shape index (κ1) is 21.4. The molecular weight excluding hydrogens is 352 g/mol. The zero-order valence-electron chi connectivity index (χ0n) is 19.9. The van der Waals surface area contributed by atoms with Gasteiger partial charge < -0.3 is 0 Å². The highest BCUT2D eigenvalue weighted by atomic mass is 16.1. The van der Waals surface area contributed by atoms with Gasteiger partial charge in [0.1, 0.15) is 5.78 Å². The Morgan fingerprint density at radius 3 is 2.59 bits per heavy atom. The Labute approximate surface area is 179 Å². The van der Waals surface area contributed by atoms with Crippen LogP contribution in [0.3, 0.4) is 0 Å². The lowest BCUT2D eigenvalue weighted by molar-refractivity contribution is -0.130. The second kappa shape index (κ2) is 7.69. The molecule has 0 N–H and O–H groups in total. The molecule has 0 aromatic rings. The maximum Gasteiger partial charge on any atom is 0.136 e. The van der Waals surface area contributed by atoms with Gasteiger partial charge in [-0.1, -0.05) is 50.5 Å². The lowest BCUT2D eigenvalue weighted by Gasteiger charge is -2.55. The van der Waals surface area contributed by atoms with Crippen LogP contribution in [0, 0.1) is 40.4 Å². The van der Waals surface area contributed by atoms with Gasteiger partial charge >= 0.3 is 0 Å². The van der Waals surface area contributed by atoms with Crippen molar-refractivity contribution in [2.45, 2.75) is 106 Å². The van der Waals surface area contributed by atoms with Crippen molar-refractivity contribution in [2.24, 2.45) is 40.4 Å². The molecule has 7 atom stereocenters. The summed E-state index contributed by atoms with van der Waals surface area (Å²) in [5.74, 6) is 3.97. The van der Waals surface area contributed by atoms with E-state index in [1.54, 1.807) is 0 Å². The minimum Gasteiger partial charge on any atom is -0.299 e. The van der Waals surface area contributed by atoms with E-state index in [0.717, 1.165) is 30.6 Å². The zero-order chi connectivity index (χ0) is 21.0. The number of carbonyl (C=O) groups is 1. The van der Waals surface area contributed by atoms with Crippen LogP contribution >= 0.6 is 0 Å². The molecule has 0 bridgehead atoms. The van der Waals surface area contributed by atoms with E-state index in [0.29, 0.717) is 22.5 Å². The first-order chi connectivity index (χ1) is 13.7. The molecule has 0 aromatic carbocycles. The third-order valence-corrected chi connectivity index (χ3v) is 10.2. The van der Waals surface area contributed by atoms with Gasteiger partial charge in [0.15, 0.2) is 0 Å². The molecule has 0 radical (unpaired) electrons. The molecule has 4 aliphatic carbocycles. The van der Waals surface area contributed by atoms with Gasteiger partial charge in [-0.15, -0.1) is 0 Å². The highest BCUT2D eigenvalue weighted by Crippen LogP contribution is 2.66. The smallest absolute Gasteiger partial charge is 0.136 e. The molecule has 4 unspecified atom stereocenters. The summed E-state index contributed by atoms with van der Waals surface area (Å²) in [7, 11) is 0. The molecular formula is C28H44O. The monoisotopic (exact) mass is 396 g/mol. The molecule has 4 rings (SSSR count). The van der Waals surface area contributed by atoms with E-state index >= 15 is 0 Å². The Morgan fingerprint density at radius 1 is 1.10 bits per heavy atom. The van der Waals surface area contributed by atoms with Crippen LogP contribution in [0.2, 0.25) is 0 Å². The van der Waals surface area contributed by atoms with Crippen molar-refractivity contribution in [2.75, 3.05) is 0 Å². The number of hydrogen-bond acceptors (Lipinski definition) is 1. The molecule has 0 heterocycles. The van der Waals surface area contributed by atoms with E-state index in [2.05, 4.69) is 47.6 Å². The minimum atomic E-state index is 0.280. The fraction of sp³-hybridized carbons (Fsp3) is 0.821. The summed E-state index contributed by atoms with van der Waals surface area (Å²) in [4.78, 5) is 12.4. The lowest BCUT2D eigenvalue weighted by Crippen LogP contribution is -2.47.